The van der Waals surface area contributed by atoms with E-state index in [9.17, 15) is 4.79 Å². The largest absolute Gasteiger partial charge is 0.497 e. The number of carbonyl (C=O) groups is 1. The molecule has 2 atom stereocenters. The highest BCUT2D eigenvalue weighted by Gasteiger charge is 2.27. The van der Waals surface area contributed by atoms with Crippen LogP contribution in [0.25, 0.3) is 11.1 Å². The second kappa shape index (κ2) is 9.54. The second-order valence-corrected chi connectivity index (χ2v) is 8.46. The van der Waals surface area contributed by atoms with Crippen molar-refractivity contribution in [3.8, 4) is 28.4 Å². The molecule has 8 heteroatoms. The molecule has 3 heterocycles. The maximum atomic E-state index is 13.2. The number of aromatic amines is 1. The number of nitrogens with zero attached hydrogens (tertiary/aromatic N) is 1. The molecule has 0 saturated carbocycles. The minimum atomic E-state index is -0.303. The molecule has 0 spiro atoms. The quantitative estimate of drug-likeness (QED) is 0.535. The van der Waals surface area contributed by atoms with E-state index in [1.807, 2.05) is 42.6 Å². The summed E-state index contributed by atoms with van der Waals surface area (Å²) < 4.78 is 17.5. The molecule has 0 radical (unpaired) electrons. The number of piperidine rings is 1. The van der Waals surface area contributed by atoms with Crippen LogP contribution in [0.15, 0.2) is 48.8 Å². The average Bonchev–Trinajstić information content (AvgIpc) is 3.40. The van der Waals surface area contributed by atoms with Gasteiger partial charge < -0.3 is 24.8 Å². The van der Waals surface area contributed by atoms with Crippen molar-refractivity contribution < 1.29 is 19.0 Å². The van der Waals surface area contributed by atoms with Gasteiger partial charge in [0.15, 0.2) is 0 Å². The van der Waals surface area contributed by atoms with Crippen LogP contribution in [0.1, 0.15) is 18.4 Å². The number of hydrogen-bond donors (Lipinski definition) is 3. The number of ether oxygens (including phenoxy) is 3. The molecule has 8 nitrogen and oxygen atoms in total. The standard InChI is InChI=1S/C25H28N4O4/c1-31-20-5-7-23-17(10-20)9-18(15-32-23)25(30)29-22-6-4-16(19-12-27-28-13-19)11-24(22)33-21-3-2-8-26-14-21/h4-7,10-13,18,21,26H,2-3,8-9,14-15H2,1H3,(H,27,28)(H,29,30)/t18-,21-/m1/s1. The van der Waals surface area contributed by atoms with Gasteiger partial charge in [0, 0.05) is 18.3 Å². The van der Waals surface area contributed by atoms with E-state index in [2.05, 4.69) is 20.8 Å². The van der Waals surface area contributed by atoms with Crippen LogP contribution in [0.5, 0.6) is 17.2 Å². The molecular formula is C25H28N4O4. The van der Waals surface area contributed by atoms with Gasteiger partial charge in [-0.05, 0) is 67.3 Å². The third kappa shape index (κ3) is 4.80. The Kier molecular flexibility index (Phi) is 6.17. The summed E-state index contributed by atoms with van der Waals surface area (Å²) in [5.41, 5.74) is 3.57. The molecule has 3 N–H and O–H groups in total. The molecule has 0 bridgehead atoms. The van der Waals surface area contributed by atoms with Crippen molar-refractivity contribution in [3.63, 3.8) is 0 Å². The first-order valence-electron chi connectivity index (χ1n) is 11.3. The number of rotatable bonds is 6. The summed E-state index contributed by atoms with van der Waals surface area (Å²) >= 11 is 0. The predicted octanol–water partition coefficient (Wildman–Crippen LogP) is 3.41. The Bertz CT molecular complexity index is 1110. The number of methoxy groups -OCH3 is 1. The van der Waals surface area contributed by atoms with Gasteiger partial charge >= 0.3 is 0 Å². The first kappa shape index (κ1) is 21.3. The SMILES string of the molecule is COc1ccc2c(c1)C[C@@H](C(=O)Nc1ccc(-c3cn[nH]c3)cc1O[C@@H]1CCCNC1)CO2. The molecule has 1 amide bonds. The van der Waals surface area contributed by atoms with Crippen molar-refractivity contribution in [3.05, 3.63) is 54.4 Å². The molecule has 0 unspecified atom stereocenters. The fourth-order valence-corrected chi connectivity index (χ4v) is 4.31. The first-order chi connectivity index (χ1) is 16.2. The number of H-pyrrole nitrogens is 1. The summed E-state index contributed by atoms with van der Waals surface area (Å²) in [6, 6.07) is 11.5. The predicted molar refractivity (Wildman–Crippen MR) is 125 cm³/mol. The van der Waals surface area contributed by atoms with Gasteiger partial charge in [-0.25, -0.2) is 0 Å². The Morgan fingerprint density at radius 2 is 2.15 bits per heavy atom. The maximum absolute atomic E-state index is 13.2. The van der Waals surface area contributed by atoms with Crippen molar-refractivity contribution >= 4 is 11.6 Å². The zero-order chi connectivity index (χ0) is 22.6. The van der Waals surface area contributed by atoms with Crippen LogP contribution in [0.3, 0.4) is 0 Å². The van der Waals surface area contributed by atoms with E-state index in [0.717, 1.165) is 54.1 Å². The Labute approximate surface area is 192 Å². The summed E-state index contributed by atoms with van der Waals surface area (Å²) in [7, 11) is 1.63. The fraction of sp³-hybridized carbons (Fsp3) is 0.360. The van der Waals surface area contributed by atoms with Gasteiger partial charge in [0.1, 0.15) is 30.0 Å². The monoisotopic (exact) mass is 448 g/mol. The zero-order valence-electron chi connectivity index (χ0n) is 18.6. The molecule has 3 aromatic rings. The molecule has 1 saturated heterocycles. The number of nitrogens with one attached hydrogen (secondary N) is 3. The number of carbonyl (C=O) groups excluding carboxylic acids is 1. The number of benzene rings is 2. The summed E-state index contributed by atoms with van der Waals surface area (Å²) in [6.07, 6.45) is 6.30. The smallest absolute Gasteiger partial charge is 0.231 e. The van der Waals surface area contributed by atoms with E-state index in [1.165, 1.54) is 0 Å². The number of amides is 1. The first-order valence-corrected chi connectivity index (χ1v) is 11.3. The van der Waals surface area contributed by atoms with Crippen LogP contribution < -0.4 is 24.8 Å². The van der Waals surface area contributed by atoms with E-state index >= 15 is 0 Å². The van der Waals surface area contributed by atoms with Gasteiger partial charge in [0.25, 0.3) is 0 Å². The summed E-state index contributed by atoms with van der Waals surface area (Å²) in [4.78, 5) is 13.2. The van der Waals surface area contributed by atoms with E-state index in [4.69, 9.17) is 14.2 Å². The zero-order valence-corrected chi connectivity index (χ0v) is 18.6. The Morgan fingerprint density at radius 1 is 1.21 bits per heavy atom. The lowest BCUT2D eigenvalue weighted by Gasteiger charge is -2.27. The van der Waals surface area contributed by atoms with Gasteiger partial charge in [-0.1, -0.05) is 6.07 Å². The summed E-state index contributed by atoms with van der Waals surface area (Å²) in [5, 5.41) is 13.3. The van der Waals surface area contributed by atoms with E-state index in [1.54, 1.807) is 13.3 Å². The van der Waals surface area contributed by atoms with Crippen molar-refractivity contribution in [1.29, 1.82) is 0 Å². The third-order valence-corrected chi connectivity index (χ3v) is 6.16. The van der Waals surface area contributed by atoms with Gasteiger partial charge in [-0.3, -0.25) is 9.89 Å². The molecule has 172 valence electrons. The number of fused-ring (bicyclic) bond motifs is 1. The van der Waals surface area contributed by atoms with Crippen molar-refractivity contribution in [2.24, 2.45) is 5.92 Å². The topological polar surface area (TPSA) is 97.5 Å². The van der Waals surface area contributed by atoms with Crippen molar-refractivity contribution in [2.45, 2.75) is 25.4 Å². The van der Waals surface area contributed by atoms with Crippen LogP contribution in [0.4, 0.5) is 5.69 Å². The molecule has 2 aliphatic heterocycles. The van der Waals surface area contributed by atoms with Gasteiger partial charge in [-0.2, -0.15) is 5.10 Å². The highest BCUT2D eigenvalue weighted by Crippen LogP contribution is 2.34. The Morgan fingerprint density at radius 3 is 2.94 bits per heavy atom. The summed E-state index contributed by atoms with van der Waals surface area (Å²) in [5.74, 6) is 1.83. The average molecular weight is 449 g/mol. The van der Waals surface area contributed by atoms with Gasteiger partial charge in [0.2, 0.25) is 5.91 Å². The molecule has 2 aromatic carbocycles. The third-order valence-electron chi connectivity index (χ3n) is 6.16. The normalized spacial score (nSPS) is 19.8. The van der Waals surface area contributed by atoms with E-state index < -0.39 is 0 Å². The lowest BCUT2D eigenvalue weighted by Crippen LogP contribution is -2.37. The molecule has 0 aliphatic carbocycles. The molecular weight excluding hydrogens is 420 g/mol. The second-order valence-electron chi connectivity index (χ2n) is 8.46. The van der Waals surface area contributed by atoms with E-state index in [0.29, 0.717) is 24.5 Å². The molecule has 2 aliphatic rings. The maximum Gasteiger partial charge on any atom is 0.231 e. The highest BCUT2D eigenvalue weighted by atomic mass is 16.5. The lowest BCUT2D eigenvalue weighted by atomic mass is 9.95. The van der Waals surface area contributed by atoms with Crippen LogP contribution in [0.2, 0.25) is 0 Å². The molecule has 33 heavy (non-hydrogen) atoms. The summed E-state index contributed by atoms with van der Waals surface area (Å²) in [6.45, 7) is 2.13. The molecule has 1 fully saturated rings. The number of aromatic nitrogens is 2. The van der Waals surface area contributed by atoms with Crippen molar-refractivity contribution in [1.82, 2.24) is 15.5 Å². The number of anilines is 1. The minimum absolute atomic E-state index is 0.0614. The van der Waals surface area contributed by atoms with Crippen LogP contribution >= 0.6 is 0 Å². The number of hydrogen-bond acceptors (Lipinski definition) is 6. The van der Waals surface area contributed by atoms with Gasteiger partial charge in [-0.15, -0.1) is 0 Å². The fourth-order valence-electron chi connectivity index (χ4n) is 4.31. The lowest BCUT2D eigenvalue weighted by molar-refractivity contribution is -0.121. The van der Waals surface area contributed by atoms with Crippen LogP contribution in [0, 0.1) is 5.92 Å². The minimum Gasteiger partial charge on any atom is -0.497 e. The van der Waals surface area contributed by atoms with E-state index in [-0.39, 0.29) is 17.9 Å². The van der Waals surface area contributed by atoms with Crippen molar-refractivity contribution in [2.75, 3.05) is 32.1 Å². The Balaban J connectivity index is 1.35. The molecule has 5 rings (SSSR count). The molecule has 1 aromatic heterocycles. The van der Waals surface area contributed by atoms with Crippen LogP contribution in [-0.4, -0.2) is 49.0 Å². The Hall–Kier alpha value is -3.52. The van der Waals surface area contributed by atoms with Gasteiger partial charge in [0.05, 0.1) is 24.9 Å². The van der Waals surface area contributed by atoms with Crippen LogP contribution in [-0.2, 0) is 11.2 Å². The highest BCUT2D eigenvalue weighted by molar-refractivity contribution is 5.95.